The minimum Gasteiger partial charge on any atom is -0.344 e. The summed E-state index contributed by atoms with van der Waals surface area (Å²) in [6.07, 6.45) is 0. The number of carbonyl (C=O) groups excluding carboxylic acids is 1. The molecule has 4 rings (SSSR count). The Morgan fingerprint density at radius 2 is 1.53 bits per heavy atom. The van der Waals surface area contributed by atoms with E-state index in [4.69, 9.17) is 0 Å². The molecule has 4 aromatic carbocycles. The second-order valence-corrected chi connectivity index (χ2v) is 11.4. The SMILES string of the molecule is Cc1ccc(S(=O)(=O)N(CC(=O)NC(c2ccccc2)c2ccccc2C)c2cccc(Br)c2)cc1. The van der Waals surface area contributed by atoms with E-state index in [1.807, 2.05) is 74.5 Å². The van der Waals surface area contributed by atoms with Gasteiger partial charge in [-0.25, -0.2) is 8.42 Å². The summed E-state index contributed by atoms with van der Waals surface area (Å²) in [5, 5.41) is 3.08. The Morgan fingerprint density at radius 1 is 0.861 bits per heavy atom. The third kappa shape index (κ3) is 5.86. The molecule has 1 N–H and O–H groups in total. The molecule has 0 bridgehead atoms. The number of hydrogen-bond acceptors (Lipinski definition) is 3. The Kier molecular flexibility index (Phi) is 7.91. The summed E-state index contributed by atoms with van der Waals surface area (Å²) < 4.78 is 29.3. The average Bonchev–Trinajstić information content (AvgIpc) is 2.87. The molecule has 0 aromatic heterocycles. The molecule has 1 atom stereocenters. The maximum absolute atomic E-state index is 13.7. The molecule has 0 aliphatic rings. The van der Waals surface area contributed by atoms with Gasteiger partial charge in [0.25, 0.3) is 10.0 Å². The largest absolute Gasteiger partial charge is 0.344 e. The molecule has 0 saturated carbocycles. The zero-order valence-electron chi connectivity index (χ0n) is 20.1. The van der Waals surface area contributed by atoms with Crippen molar-refractivity contribution < 1.29 is 13.2 Å². The number of rotatable bonds is 8. The summed E-state index contributed by atoms with van der Waals surface area (Å²) in [5.74, 6) is -0.414. The van der Waals surface area contributed by atoms with E-state index in [0.717, 1.165) is 26.6 Å². The van der Waals surface area contributed by atoms with Crippen LogP contribution in [0.2, 0.25) is 0 Å². The molecule has 0 fully saturated rings. The third-order valence-electron chi connectivity index (χ3n) is 5.93. The minimum atomic E-state index is -4.00. The number of nitrogens with one attached hydrogen (secondary N) is 1. The molecule has 0 aliphatic heterocycles. The van der Waals surface area contributed by atoms with Crippen LogP contribution in [0.15, 0.2) is 112 Å². The number of anilines is 1. The Hall–Kier alpha value is -3.42. The number of amides is 1. The molecule has 0 spiro atoms. The fourth-order valence-electron chi connectivity index (χ4n) is 4.02. The molecule has 0 aliphatic carbocycles. The zero-order valence-corrected chi connectivity index (χ0v) is 22.5. The predicted molar refractivity (Wildman–Crippen MR) is 147 cm³/mol. The van der Waals surface area contributed by atoms with Crippen LogP contribution in [0.3, 0.4) is 0 Å². The van der Waals surface area contributed by atoms with E-state index in [-0.39, 0.29) is 11.4 Å². The van der Waals surface area contributed by atoms with Crippen molar-refractivity contribution in [1.82, 2.24) is 5.32 Å². The fraction of sp³-hybridized carbons (Fsp3) is 0.138. The summed E-state index contributed by atoms with van der Waals surface area (Å²) in [6, 6.07) is 30.6. The monoisotopic (exact) mass is 562 g/mol. The molecule has 36 heavy (non-hydrogen) atoms. The van der Waals surface area contributed by atoms with Gasteiger partial charge in [-0.1, -0.05) is 94.3 Å². The molecule has 0 radical (unpaired) electrons. The quantitative estimate of drug-likeness (QED) is 0.279. The summed E-state index contributed by atoms with van der Waals surface area (Å²) in [4.78, 5) is 13.6. The summed E-state index contributed by atoms with van der Waals surface area (Å²) in [7, 11) is -4.00. The smallest absolute Gasteiger partial charge is 0.264 e. The number of aryl methyl sites for hydroxylation is 2. The molecule has 184 valence electrons. The lowest BCUT2D eigenvalue weighted by molar-refractivity contribution is -0.120. The lowest BCUT2D eigenvalue weighted by atomic mass is 9.95. The first-order valence-electron chi connectivity index (χ1n) is 11.5. The topological polar surface area (TPSA) is 66.5 Å². The fourth-order valence-corrected chi connectivity index (χ4v) is 5.82. The maximum Gasteiger partial charge on any atom is 0.264 e. The highest BCUT2D eigenvalue weighted by molar-refractivity contribution is 9.10. The van der Waals surface area contributed by atoms with Crippen LogP contribution in [0.1, 0.15) is 28.3 Å². The number of hydrogen-bond donors (Lipinski definition) is 1. The lowest BCUT2D eigenvalue weighted by Crippen LogP contribution is -2.42. The number of carbonyl (C=O) groups is 1. The number of nitrogens with zero attached hydrogens (tertiary/aromatic N) is 1. The molecule has 1 amide bonds. The van der Waals surface area contributed by atoms with E-state index in [2.05, 4.69) is 21.2 Å². The first-order chi connectivity index (χ1) is 17.3. The van der Waals surface area contributed by atoms with E-state index in [1.54, 1.807) is 42.5 Å². The summed E-state index contributed by atoms with van der Waals surface area (Å²) >= 11 is 3.42. The molecular formula is C29H27BrN2O3S. The van der Waals surface area contributed by atoms with Gasteiger partial charge in [0, 0.05) is 4.47 Å². The van der Waals surface area contributed by atoms with E-state index in [9.17, 15) is 13.2 Å². The summed E-state index contributed by atoms with van der Waals surface area (Å²) in [5.41, 5.74) is 4.24. The van der Waals surface area contributed by atoms with Crippen LogP contribution in [0.25, 0.3) is 0 Å². The highest BCUT2D eigenvalue weighted by Crippen LogP contribution is 2.28. The first-order valence-corrected chi connectivity index (χ1v) is 13.7. The van der Waals surface area contributed by atoms with Crippen LogP contribution in [0.4, 0.5) is 5.69 Å². The van der Waals surface area contributed by atoms with Gasteiger partial charge in [0.05, 0.1) is 16.6 Å². The molecular weight excluding hydrogens is 536 g/mol. The third-order valence-corrected chi connectivity index (χ3v) is 8.21. The Bertz CT molecular complexity index is 1460. The molecule has 0 heterocycles. The van der Waals surface area contributed by atoms with E-state index in [1.165, 1.54) is 0 Å². The van der Waals surface area contributed by atoms with Crippen molar-refractivity contribution in [2.75, 3.05) is 10.8 Å². The highest BCUT2D eigenvalue weighted by atomic mass is 79.9. The van der Waals surface area contributed by atoms with Crippen LogP contribution < -0.4 is 9.62 Å². The molecule has 4 aromatic rings. The van der Waals surface area contributed by atoms with Gasteiger partial charge in [0.15, 0.2) is 0 Å². The molecule has 5 nitrogen and oxygen atoms in total. The van der Waals surface area contributed by atoms with Gasteiger partial charge in [-0.15, -0.1) is 0 Å². The van der Waals surface area contributed by atoms with Crippen LogP contribution in [0, 0.1) is 13.8 Å². The van der Waals surface area contributed by atoms with Crippen molar-refractivity contribution in [2.45, 2.75) is 24.8 Å². The average molecular weight is 564 g/mol. The van der Waals surface area contributed by atoms with Crippen molar-refractivity contribution in [2.24, 2.45) is 0 Å². The van der Waals surface area contributed by atoms with Crippen molar-refractivity contribution in [3.63, 3.8) is 0 Å². The van der Waals surface area contributed by atoms with Gasteiger partial charge in [-0.05, 0) is 60.9 Å². The second-order valence-electron chi connectivity index (χ2n) is 8.57. The first kappa shape index (κ1) is 25.7. The number of sulfonamides is 1. The minimum absolute atomic E-state index is 0.124. The van der Waals surface area contributed by atoms with Crippen LogP contribution in [-0.4, -0.2) is 20.9 Å². The van der Waals surface area contributed by atoms with Crippen LogP contribution in [-0.2, 0) is 14.8 Å². The van der Waals surface area contributed by atoms with E-state index < -0.39 is 22.0 Å². The van der Waals surface area contributed by atoms with Crippen molar-refractivity contribution >= 4 is 37.5 Å². The standard InChI is InChI=1S/C29H27BrN2O3S/c1-21-15-17-26(18-16-21)36(34,35)32(25-13-8-12-24(30)19-25)20-28(33)31-29(23-10-4-3-5-11-23)27-14-7-6-9-22(27)2/h3-19,29H,20H2,1-2H3,(H,31,33). The van der Waals surface area contributed by atoms with Crippen LogP contribution in [0.5, 0.6) is 0 Å². The summed E-state index contributed by atoms with van der Waals surface area (Å²) in [6.45, 7) is 3.51. The van der Waals surface area contributed by atoms with Gasteiger partial charge in [0.1, 0.15) is 6.54 Å². The molecule has 7 heteroatoms. The van der Waals surface area contributed by atoms with Gasteiger partial charge < -0.3 is 5.32 Å². The van der Waals surface area contributed by atoms with E-state index >= 15 is 0 Å². The van der Waals surface area contributed by atoms with Gasteiger partial charge in [0.2, 0.25) is 5.91 Å². The van der Waals surface area contributed by atoms with Gasteiger partial charge in [-0.2, -0.15) is 0 Å². The highest BCUT2D eigenvalue weighted by Gasteiger charge is 2.29. The molecule has 1 unspecified atom stereocenters. The lowest BCUT2D eigenvalue weighted by Gasteiger charge is -2.27. The van der Waals surface area contributed by atoms with Crippen molar-refractivity contribution in [1.29, 1.82) is 0 Å². The Labute approximate surface area is 221 Å². The van der Waals surface area contributed by atoms with Crippen LogP contribution >= 0.6 is 15.9 Å². The predicted octanol–water partition coefficient (Wildman–Crippen LogP) is 6.17. The Morgan fingerprint density at radius 3 is 2.19 bits per heavy atom. The van der Waals surface area contributed by atoms with Gasteiger partial charge >= 0.3 is 0 Å². The van der Waals surface area contributed by atoms with E-state index in [0.29, 0.717) is 10.2 Å². The number of benzene rings is 4. The Balaban J connectivity index is 1.70. The van der Waals surface area contributed by atoms with Crippen molar-refractivity contribution in [3.05, 3.63) is 130 Å². The second kappa shape index (κ2) is 11.1. The maximum atomic E-state index is 13.7. The zero-order chi connectivity index (χ0) is 25.7. The molecule has 0 saturated heterocycles. The number of halogens is 1. The van der Waals surface area contributed by atoms with Gasteiger partial charge in [-0.3, -0.25) is 9.10 Å². The van der Waals surface area contributed by atoms with Crippen molar-refractivity contribution in [3.8, 4) is 0 Å². The normalized spacial score (nSPS) is 12.1.